The molecule has 0 saturated heterocycles. The Balaban J connectivity index is 2.31. The van der Waals surface area contributed by atoms with Crippen LogP contribution in [0, 0.1) is 10.1 Å². The number of benzene rings is 1. The zero-order chi connectivity index (χ0) is 14.2. The molecule has 1 aromatic carbocycles. The van der Waals surface area contributed by atoms with Crippen LogP contribution in [0.3, 0.4) is 0 Å². The Kier molecular flexibility index (Phi) is 3.46. The highest BCUT2D eigenvalue weighted by Crippen LogP contribution is 2.33. The van der Waals surface area contributed by atoms with Gasteiger partial charge in [-0.15, -0.1) is 0 Å². The molecular weight excluding hydrogens is 272 g/mol. The minimum Gasteiger partial charge on any atom is -0.483 e. The number of ether oxygens (including phenoxy) is 1. The van der Waals surface area contributed by atoms with E-state index in [1.165, 1.54) is 12.1 Å². The first-order chi connectivity index (χ1) is 8.77. The van der Waals surface area contributed by atoms with Crippen LogP contribution in [0.2, 0.25) is 0 Å². The standard InChI is InChI=1S/C11H14N2O5S/c1-19(16,17)9-2-3-11(10(6-9)13(14)15)18-8-4-7(12)5-8/h2-3,6-8H,4-5,12H2,1H3. The molecule has 1 saturated carbocycles. The molecule has 0 atom stereocenters. The Morgan fingerprint density at radius 2 is 2.05 bits per heavy atom. The number of hydrogen-bond acceptors (Lipinski definition) is 6. The zero-order valence-corrected chi connectivity index (χ0v) is 11.1. The van der Waals surface area contributed by atoms with Crippen molar-refractivity contribution in [2.75, 3.05) is 6.26 Å². The van der Waals surface area contributed by atoms with Crippen LogP contribution < -0.4 is 10.5 Å². The minimum atomic E-state index is -3.48. The third-order valence-electron chi connectivity index (χ3n) is 2.98. The lowest BCUT2D eigenvalue weighted by Gasteiger charge is -2.32. The molecule has 0 unspecified atom stereocenters. The van der Waals surface area contributed by atoms with Gasteiger partial charge in [0.15, 0.2) is 15.6 Å². The molecule has 1 fully saturated rings. The maximum atomic E-state index is 11.4. The molecule has 19 heavy (non-hydrogen) atoms. The Hall–Kier alpha value is -1.67. The van der Waals surface area contributed by atoms with E-state index in [0.29, 0.717) is 12.8 Å². The molecule has 0 radical (unpaired) electrons. The maximum absolute atomic E-state index is 11.4. The van der Waals surface area contributed by atoms with Gasteiger partial charge in [0.05, 0.1) is 9.82 Å². The Labute approximate surface area is 110 Å². The molecule has 0 aromatic heterocycles. The number of sulfone groups is 1. The van der Waals surface area contributed by atoms with Crippen LogP contribution in [0.5, 0.6) is 5.75 Å². The molecule has 1 aliphatic carbocycles. The summed E-state index contributed by atoms with van der Waals surface area (Å²) in [4.78, 5) is 10.2. The summed E-state index contributed by atoms with van der Waals surface area (Å²) < 4.78 is 28.2. The molecule has 0 heterocycles. The molecule has 1 aromatic rings. The highest BCUT2D eigenvalue weighted by Gasteiger charge is 2.30. The van der Waals surface area contributed by atoms with E-state index < -0.39 is 14.8 Å². The molecule has 0 bridgehead atoms. The first-order valence-electron chi connectivity index (χ1n) is 5.68. The van der Waals surface area contributed by atoms with Gasteiger partial charge in [-0.3, -0.25) is 10.1 Å². The zero-order valence-electron chi connectivity index (χ0n) is 10.3. The van der Waals surface area contributed by atoms with Crippen LogP contribution in [-0.4, -0.2) is 31.7 Å². The van der Waals surface area contributed by atoms with Crippen molar-refractivity contribution in [2.45, 2.75) is 29.9 Å². The third kappa shape index (κ3) is 3.02. The average Bonchev–Trinajstić information content (AvgIpc) is 2.25. The molecule has 1 aliphatic rings. The van der Waals surface area contributed by atoms with Gasteiger partial charge in [-0.25, -0.2) is 8.42 Å². The van der Waals surface area contributed by atoms with E-state index in [9.17, 15) is 18.5 Å². The van der Waals surface area contributed by atoms with Crippen molar-refractivity contribution in [1.29, 1.82) is 0 Å². The second-order valence-corrected chi connectivity index (χ2v) is 6.65. The molecule has 0 amide bonds. The van der Waals surface area contributed by atoms with Gasteiger partial charge in [-0.05, 0) is 25.0 Å². The first kappa shape index (κ1) is 13.8. The fraction of sp³-hybridized carbons (Fsp3) is 0.455. The lowest BCUT2D eigenvalue weighted by Crippen LogP contribution is -2.43. The van der Waals surface area contributed by atoms with Gasteiger partial charge in [0.2, 0.25) is 0 Å². The highest BCUT2D eigenvalue weighted by molar-refractivity contribution is 7.90. The lowest BCUT2D eigenvalue weighted by molar-refractivity contribution is -0.386. The van der Waals surface area contributed by atoms with E-state index >= 15 is 0 Å². The van der Waals surface area contributed by atoms with Gasteiger partial charge < -0.3 is 10.5 Å². The van der Waals surface area contributed by atoms with Crippen molar-refractivity contribution in [3.8, 4) is 5.75 Å². The molecule has 104 valence electrons. The second kappa shape index (κ2) is 4.78. The largest absolute Gasteiger partial charge is 0.483 e. The van der Waals surface area contributed by atoms with Crippen molar-refractivity contribution in [1.82, 2.24) is 0 Å². The second-order valence-electron chi connectivity index (χ2n) is 4.63. The van der Waals surface area contributed by atoms with Gasteiger partial charge in [0, 0.05) is 18.4 Å². The van der Waals surface area contributed by atoms with Crippen LogP contribution in [0.1, 0.15) is 12.8 Å². The lowest BCUT2D eigenvalue weighted by atomic mass is 9.90. The van der Waals surface area contributed by atoms with E-state index in [1.54, 1.807) is 0 Å². The van der Waals surface area contributed by atoms with Gasteiger partial charge in [-0.2, -0.15) is 0 Å². The Morgan fingerprint density at radius 1 is 1.42 bits per heavy atom. The fourth-order valence-corrected chi connectivity index (χ4v) is 2.49. The number of rotatable bonds is 4. The highest BCUT2D eigenvalue weighted by atomic mass is 32.2. The molecule has 7 nitrogen and oxygen atoms in total. The average molecular weight is 286 g/mol. The number of nitrogens with zero attached hydrogens (tertiary/aromatic N) is 1. The van der Waals surface area contributed by atoms with Crippen LogP contribution >= 0.6 is 0 Å². The predicted octanol–water partition coefficient (Wildman–Crippen LogP) is 0.867. The molecule has 0 aliphatic heterocycles. The Bertz CT molecular complexity index is 608. The summed E-state index contributed by atoms with van der Waals surface area (Å²) in [6, 6.07) is 3.71. The topological polar surface area (TPSA) is 113 Å². The normalized spacial score (nSPS) is 22.6. The quantitative estimate of drug-likeness (QED) is 0.649. The van der Waals surface area contributed by atoms with Gasteiger partial charge in [-0.1, -0.05) is 0 Å². The number of nitro benzene ring substituents is 1. The van der Waals surface area contributed by atoms with Crippen molar-refractivity contribution >= 4 is 15.5 Å². The van der Waals surface area contributed by atoms with Crippen molar-refractivity contribution in [3.63, 3.8) is 0 Å². The number of hydrogen-bond donors (Lipinski definition) is 1. The molecule has 0 spiro atoms. The number of nitro groups is 1. The minimum absolute atomic E-state index is 0.0688. The van der Waals surface area contributed by atoms with Crippen LogP contribution in [0.25, 0.3) is 0 Å². The third-order valence-corrected chi connectivity index (χ3v) is 4.09. The van der Waals surface area contributed by atoms with Crippen LogP contribution in [0.15, 0.2) is 23.1 Å². The van der Waals surface area contributed by atoms with E-state index in [1.807, 2.05) is 0 Å². The summed E-state index contributed by atoms with van der Waals surface area (Å²) >= 11 is 0. The monoisotopic (exact) mass is 286 g/mol. The van der Waals surface area contributed by atoms with Crippen LogP contribution in [-0.2, 0) is 9.84 Å². The molecule has 8 heteroatoms. The summed E-state index contributed by atoms with van der Waals surface area (Å²) in [6.07, 6.45) is 2.14. The van der Waals surface area contributed by atoms with E-state index in [4.69, 9.17) is 10.5 Å². The van der Waals surface area contributed by atoms with Crippen molar-refractivity contribution in [2.24, 2.45) is 5.73 Å². The van der Waals surface area contributed by atoms with Crippen molar-refractivity contribution in [3.05, 3.63) is 28.3 Å². The SMILES string of the molecule is CS(=O)(=O)c1ccc(OC2CC(N)C2)c([N+](=O)[O-])c1. The van der Waals surface area contributed by atoms with E-state index in [0.717, 1.165) is 12.3 Å². The van der Waals surface area contributed by atoms with Gasteiger partial charge in [0.25, 0.3) is 0 Å². The van der Waals surface area contributed by atoms with E-state index in [2.05, 4.69) is 0 Å². The first-order valence-corrected chi connectivity index (χ1v) is 7.57. The molecule has 2 rings (SSSR count). The smallest absolute Gasteiger partial charge is 0.312 e. The predicted molar refractivity (Wildman–Crippen MR) is 67.8 cm³/mol. The molecule has 2 N–H and O–H groups in total. The Morgan fingerprint density at radius 3 is 2.53 bits per heavy atom. The fourth-order valence-electron chi connectivity index (χ4n) is 1.85. The summed E-state index contributed by atoms with van der Waals surface area (Å²) in [5.41, 5.74) is 5.26. The van der Waals surface area contributed by atoms with Crippen LogP contribution in [0.4, 0.5) is 5.69 Å². The number of nitrogens with two attached hydrogens (primary N) is 1. The van der Waals surface area contributed by atoms with Gasteiger partial charge in [0.1, 0.15) is 6.10 Å². The summed E-state index contributed by atoms with van der Waals surface area (Å²) in [5.74, 6) is 0.0781. The van der Waals surface area contributed by atoms with E-state index in [-0.39, 0.29) is 28.5 Å². The maximum Gasteiger partial charge on any atom is 0.312 e. The summed E-state index contributed by atoms with van der Waals surface area (Å²) in [7, 11) is -3.48. The van der Waals surface area contributed by atoms with Crippen molar-refractivity contribution < 1.29 is 18.1 Å². The summed E-state index contributed by atoms with van der Waals surface area (Å²) in [6.45, 7) is 0. The summed E-state index contributed by atoms with van der Waals surface area (Å²) in [5, 5.41) is 11.0. The van der Waals surface area contributed by atoms with Gasteiger partial charge >= 0.3 is 5.69 Å². The molecular formula is C11H14N2O5S.